The molecule has 25 heavy (non-hydrogen) atoms. The fourth-order valence-corrected chi connectivity index (χ4v) is 5.53. The Bertz CT molecular complexity index is 643. The van der Waals surface area contributed by atoms with Gasteiger partial charge in [0.15, 0.2) is 0 Å². The summed E-state index contributed by atoms with van der Waals surface area (Å²) in [6.07, 6.45) is 7.16. The number of carbonyl (C=O) groups excluding carboxylic acids is 2. The Morgan fingerprint density at radius 1 is 1.24 bits per heavy atom. The molecule has 1 atom stereocenters. The van der Waals surface area contributed by atoms with E-state index < -0.39 is 0 Å². The van der Waals surface area contributed by atoms with Crippen LogP contribution in [0, 0.1) is 5.92 Å². The Labute approximate surface area is 152 Å². The fraction of sp³-hybridized carbons (Fsp3) is 0.722. The summed E-state index contributed by atoms with van der Waals surface area (Å²) < 4.78 is 0. The zero-order valence-electron chi connectivity index (χ0n) is 14.6. The number of piperidine rings is 1. The third kappa shape index (κ3) is 3.58. The van der Waals surface area contributed by atoms with Gasteiger partial charge >= 0.3 is 0 Å². The molecule has 0 aromatic carbocycles. The van der Waals surface area contributed by atoms with Gasteiger partial charge in [-0.3, -0.25) is 14.5 Å². The Morgan fingerprint density at radius 2 is 2.00 bits per heavy atom. The van der Waals surface area contributed by atoms with E-state index in [0.717, 1.165) is 38.9 Å². The molecule has 2 saturated heterocycles. The molecule has 0 bridgehead atoms. The number of nitrogens with two attached hydrogens (primary N) is 1. The van der Waals surface area contributed by atoms with Gasteiger partial charge in [0.25, 0.3) is 0 Å². The van der Waals surface area contributed by atoms with Crippen molar-refractivity contribution in [2.45, 2.75) is 57.5 Å². The molecule has 6 nitrogen and oxygen atoms in total. The van der Waals surface area contributed by atoms with Crippen LogP contribution >= 0.6 is 11.3 Å². The van der Waals surface area contributed by atoms with Gasteiger partial charge < -0.3 is 10.6 Å². The van der Waals surface area contributed by atoms with Gasteiger partial charge in [0.2, 0.25) is 11.8 Å². The molecule has 3 heterocycles. The number of primary amides is 1. The predicted molar refractivity (Wildman–Crippen MR) is 96.1 cm³/mol. The van der Waals surface area contributed by atoms with Crippen molar-refractivity contribution >= 4 is 23.2 Å². The normalized spacial score (nSPS) is 25.4. The lowest BCUT2D eigenvalue weighted by Gasteiger charge is -2.36. The summed E-state index contributed by atoms with van der Waals surface area (Å²) in [6.45, 7) is 3.42. The highest BCUT2D eigenvalue weighted by atomic mass is 32.1. The lowest BCUT2D eigenvalue weighted by molar-refractivity contribution is -0.130. The average Bonchev–Trinajstić information content (AvgIpc) is 3.18. The standard InChI is InChI=1S/C18H26N4O2S/c19-18(24)12-9-17(23)22(10-12)13-5-7-21(8-6-13)11-16-20-14-3-1-2-4-15(14)25-16/h12-13H,1-11H2,(H2,19,24). The molecule has 2 N–H and O–H groups in total. The van der Waals surface area contributed by atoms with E-state index in [2.05, 4.69) is 4.90 Å². The Morgan fingerprint density at radius 3 is 2.68 bits per heavy atom. The van der Waals surface area contributed by atoms with Crippen LogP contribution in [0.3, 0.4) is 0 Å². The molecule has 0 spiro atoms. The van der Waals surface area contributed by atoms with Gasteiger partial charge in [-0.25, -0.2) is 4.98 Å². The van der Waals surface area contributed by atoms with Crippen molar-refractivity contribution in [3.05, 3.63) is 15.6 Å². The molecule has 1 aliphatic carbocycles. The average molecular weight is 362 g/mol. The third-order valence-electron chi connectivity index (χ3n) is 5.81. The predicted octanol–water partition coefficient (Wildman–Crippen LogP) is 1.32. The van der Waals surface area contributed by atoms with Crippen molar-refractivity contribution in [3.63, 3.8) is 0 Å². The molecule has 1 aromatic rings. The van der Waals surface area contributed by atoms with Crippen LogP contribution in [0.5, 0.6) is 0 Å². The molecule has 0 radical (unpaired) electrons. The number of fused-ring (bicyclic) bond motifs is 1. The van der Waals surface area contributed by atoms with Crippen LogP contribution in [0.25, 0.3) is 0 Å². The van der Waals surface area contributed by atoms with E-state index in [4.69, 9.17) is 10.7 Å². The number of nitrogens with zero attached hydrogens (tertiary/aromatic N) is 3. The van der Waals surface area contributed by atoms with Crippen LogP contribution in [0.15, 0.2) is 0 Å². The maximum Gasteiger partial charge on any atom is 0.223 e. The molecule has 7 heteroatoms. The minimum absolute atomic E-state index is 0.0925. The number of likely N-dealkylation sites (tertiary alicyclic amines) is 2. The first-order chi connectivity index (χ1) is 12.1. The van der Waals surface area contributed by atoms with Gasteiger partial charge in [-0.15, -0.1) is 11.3 Å². The molecule has 4 rings (SSSR count). The van der Waals surface area contributed by atoms with E-state index in [-0.39, 0.29) is 23.8 Å². The molecule has 3 aliphatic rings. The van der Waals surface area contributed by atoms with Crippen molar-refractivity contribution in [1.82, 2.24) is 14.8 Å². The monoisotopic (exact) mass is 362 g/mol. The minimum Gasteiger partial charge on any atom is -0.369 e. The smallest absolute Gasteiger partial charge is 0.223 e. The lowest BCUT2D eigenvalue weighted by atomic mass is 10.0. The van der Waals surface area contributed by atoms with Gasteiger partial charge in [-0.05, 0) is 38.5 Å². The number of hydrogen-bond donors (Lipinski definition) is 1. The maximum absolute atomic E-state index is 12.2. The van der Waals surface area contributed by atoms with Crippen molar-refractivity contribution in [3.8, 4) is 0 Å². The lowest BCUT2D eigenvalue weighted by Crippen LogP contribution is -2.45. The molecule has 2 amide bonds. The molecule has 0 saturated carbocycles. The van der Waals surface area contributed by atoms with Gasteiger partial charge in [0, 0.05) is 37.0 Å². The van der Waals surface area contributed by atoms with Crippen LogP contribution in [0.2, 0.25) is 0 Å². The van der Waals surface area contributed by atoms with E-state index in [9.17, 15) is 9.59 Å². The maximum atomic E-state index is 12.2. The highest BCUT2D eigenvalue weighted by Crippen LogP contribution is 2.29. The van der Waals surface area contributed by atoms with Crippen LogP contribution < -0.4 is 5.73 Å². The van der Waals surface area contributed by atoms with E-state index in [1.807, 2.05) is 16.2 Å². The van der Waals surface area contributed by atoms with Gasteiger partial charge in [-0.2, -0.15) is 0 Å². The summed E-state index contributed by atoms with van der Waals surface area (Å²) in [7, 11) is 0. The zero-order valence-corrected chi connectivity index (χ0v) is 15.4. The summed E-state index contributed by atoms with van der Waals surface area (Å²) in [5.41, 5.74) is 6.70. The Balaban J connectivity index is 1.30. The van der Waals surface area contributed by atoms with Crippen molar-refractivity contribution in [2.75, 3.05) is 19.6 Å². The van der Waals surface area contributed by atoms with E-state index in [1.165, 1.54) is 34.8 Å². The van der Waals surface area contributed by atoms with Crippen molar-refractivity contribution < 1.29 is 9.59 Å². The highest BCUT2D eigenvalue weighted by Gasteiger charge is 2.38. The SMILES string of the molecule is NC(=O)C1CC(=O)N(C2CCN(Cc3nc4c(s3)CCCC4)CC2)C1. The molecule has 1 aromatic heterocycles. The summed E-state index contributed by atoms with van der Waals surface area (Å²) in [4.78, 5) is 34.2. The number of aromatic nitrogens is 1. The molecular weight excluding hydrogens is 336 g/mol. The van der Waals surface area contributed by atoms with Crippen LogP contribution in [-0.2, 0) is 29.0 Å². The first-order valence-corrected chi connectivity index (χ1v) is 10.2. The number of rotatable bonds is 4. The number of carbonyl (C=O) groups is 2. The van der Waals surface area contributed by atoms with Crippen molar-refractivity contribution in [2.24, 2.45) is 11.7 Å². The molecular formula is C18H26N4O2S. The third-order valence-corrected chi connectivity index (χ3v) is 6.95. The van der Waals surface area contributed by atoms with Crippen LogP contribution in [0.1, 0.15) is 47.7 Å². The number of hydrogen-bond acceptors (Lipinski definition) is 5. The van der Waals surface area contributed by atoms with Gasteiger partial charge in [0.05, 0.1) is 18.2 Å². The summed E-state index contributed by atoms with van der Waals surface area (Å²) in [6, 6.07) is 0.262. The number of thiazole rings is 1. The summed E-state index contributed by atoms with van der Waals surface area (Å²) in [5, 5.41) is 1.25. The van der Waals surface area contributed by atoms with Gasteiger partial charge in [-0.1, -0.05) is 0 Å². The second-order valence-electron chi connectivity index (χ2n) is 7.54. The molecule has 1 unspecified atom stereocenters. The highest BCUT2D eigenvalue weighted by molar-refractivity contribution is 7.11. The van der Waals surface area contributed by atoms with Crippen LogP contribution in [0.4, 0.5) is 0 Å². The summed E-state index contributed by atoms with van der Waals surface area (Å²) >= 11 is 1.89. The largest absolute Gasteiger partial charge is 0.369 e. The number of amides is 2. The van der Waals surface area contributed by atoms with E-state index in [0.29, 0.717) is 13.0 Å². The first-order valence-electron chi connectivity index (χ1n) is 9.38. The van der Waals surface area contributed by atoms with E-state index in [1.54, 1.807) is 0 Å². The summed E-state index contributed by atoms with van der Waals surface area (Å²) in [5.74, 6) is -0.553. The number of aryl methyl sites for hydroxylation is 2. The van der Waals surface area contributed by atoms with Gasteiger partial charge in [0.1, 0.15) is 5.01 Å². The zero-order chi connectivity index (χ0) is 17.4. The second-order valence-corrected chi connectivity index (χ2v) is 8.71. The Hall–Kier alpha value is -1.47. The van der Waals surface area contributed by atoms with Crippen LogP contribution in [-0.4, -0.2) is 52.3 Å². The van der Waals surface area contributed by atoms with Crippen molar-refractivity contribution in [1.29, 1.82) is 0 Å². The Kier molecular flexibility index (Phi) is 4.78. The van der Waals surface area contributed by atoms with E-state index >= 15 is 0 Å². The quantitative estimate of drug-likeness (QED) is 0.876. The fourth-order valence-electron chi connectivity index (χ4n) is 4.33. The molecule has 136 valence electrons. The minimum atomic E-state index is -0.346. The molecule has 2 fully saturated rings. The first kappa shape index (κ1) is 17.0. The second kappa shape index (κ2) is 7.03. The molecule has 2 aliphatic heterocycles. The topological polar surface area (TPSA) is 79.5 Å².